The van der Waals surface area contributed by atoms with Crippen molar-refractivity contribution in [3.8, 4) is 11.3 Å². The molecule has 39 heavy (non-hydrogen) atoms. The van der Waals surface area contributed by atoms with Gasteiger partial charge in [-0.15, -0.1) is 0 Å². The van der Waals surface area contributed by atoms with Crippen LogP contribution in [0.15, 0.2) is 48.8 Å². The summed E-state index contributed by atoms with van der Waals surface area (Å²) in [6, 6.07) is 9.04. The van der Waals surface area contributed by atoms with Crippen LogP contribution in [0.4, 0.5) is 40.6 Å². The molecule has 0 saturated heterocycles. The van der Waals surface area contributed by atoms with Gasteiger partial charge in [0.2, 0.25) is 11.9 Å². The third kappa shape index (κ3) is 6.45. The van der Waals surface area contributed by atoms with Gasteiger partial charge < -0.3 is 25.4 Å². The lowest BCUT2D eigenvalue weighted by atomic mass is 10.1. The molecule has 4 rings (SSSR count). The van der Waals surface area contributed by atoms with E-state index in [0.29, 0.717) is 28.8 Å². The van der Waals surface area contributed by atoms with Crippen molar-refractivity contribution in [2.45, 2.75) is 20.0 Å². The average Bonchev–Trinajstić information content (AvgIpc) is 3.27. The molecule has 0 aliphatic heterocycles. The highest BCUT2D eigenvalue weighted by atomic mass is 19.4. The van der Waals surface area contributed by atoms with Gasteiger partial charge in [0.1, 0.15) is 11.4 Å². The molecule has 0 unspecified atom stereocenters. The van der Waals surface area contributed by atoms with Crippen molar-refractivity contribution in [1.82, 2.24) is 19.9 Å². The van der Waals surface area contributed by atoms with Gasteiger partial charge in [-0.3, -0.25) is 4.79 Å². The predicted octanol–water partition coefficient (Wildman–Crippen LogP) is 5.87. The molecule has 2 aromatic carbocycles. The van der Waals surface area contributed by atoms with Gasteiger partial charge >= 0.3 is 6.18 Å². The van der Waals surface area contributed by atoms with Crippen LogP contribution in [0, 0.1) is 5.82 Å². The number of nitrogens with one attached hydrogen (secondary N) is 3. The standard InChI is InChI=1S/C27H29F4N7O/c1-5-38(11-10-37(3)4)24-9-7-18(13-23(24)34-16(2)39)35-26-33-15-21(27(29,30)31)25(36-26)20-14-32-22-12-17(28)6-8-19(20)22/h6-9,12-15,32H,5,10-11H2,1-4H3,(H,34,39)(H,33,35,36). The second kappa shape index (κ2) is 11.3. The van der Waals surface area contributed by atoms with Gasteiger partial charge in [0.25, 0.3) is 0 Å². The van der Waals surface area contributed by atoms with E-state index in [0.717, 1.165) is 25.0 Å². The molecule has 0 saturated carbocycles. The molecule has 8 nitrogen and oxygen atoms in total. The van der Waals surface area contributed by atoms with Crippen LogP contribution < -0.4 is 15.5 Å². The number of benzene rings is 2. The van der Waals surface area contributed by atoms with Crippen LogP contribution >= 0.6 is 0 Å². The Morgan fingerprint density at radius 3 is 2.54 bits per heavy atom. The minimum Gasteiger partial charge on any atom is -0.369 e. The lowest BCUT2D eigenvalue weighted by molar-refractivity contribution is -0.137. The van der Waals surface area contributed by atoms with Gasteiger partial charge in [-0.1, -0.05) is 0 Å². The summed E-state index contributed by atoms with van der Waals surface area (Å²) < 4.78 is 55.3. The number of aromatic nitrogens is 3. The third-order valence-electron chi connectivity index (χ3n) is 6.10. The van der Waals surface area contributed by atoms with Crippen LogP contribution in [0.1, 0.15) is 19.4 Å². The number of likely N-dealkylation sites (N-methyl/N-ethyl adjacent to an activating group) is 2. The van der Waals surface area contributed by atoms with Crippen molar-refractivity contribution in [3.63, 3.8) is 0 Å². The SMILES string of the molecule is CCN(CCN(C)C)c1ccc(Nc2ncc(C(F)(F)F)c(-c3c[nH]c4cc(F)ccc34)n2)cc1NC(C)=O. The molecule has 3 N–H and O–H groups in total. The maximum atomic E-state index is 13.9. The first kappa shape index (κ1) is 27.8. The number of halogens is 4. The molecular weight excluding hydrogens is 514 g/mol. The average molecular weight is 544 g/mol. The molecule has 2 heterocycles. The largest absolute Gasteiger partial charge is 0.419 e. The van der Waals surface area contributed by atoms with Crippen molar-refractivity contribution in [1.29, 1.82) is 0 Å². The fraction of sp³-hybridized carbons (Fsp3) is 0.296. The fourth-order valence-corrected chi connectivity index (χ4v) is 4.23. The number of fused-ring (bicyclic) bond motifs is 1. The van der Waals surface area contributed by atoms with Gasteiger partial charge in [0.15, 0.2) is 0 Å². The summed E-state index contributed by atoms with van der Waals surface area (Å²) >= 11 is 0. The van der Waals surface area contributed by atoms with Crippen LogP contribution in [0.25, 0.3) is 22.2 Å². The third-order valence-corrected chi connectivity index (χ3v) is 6.10. The summed E-state index contributed by atoms with van der Waals surface area (Å²) in [6.07, 6.45) is -2.63. The van der Waals surface area contributed by atoms with Crippen LogP contribution in [-0.2, 0) is 11.0 Å². The number of aromatic amines is 1. The van der Waals surface area contributed by atoms with E-state index in [1.807, 2.05) is 27.1 Å². The van der Waals surface area contributed by atoms with E-state index in [9.17, 15) is 22.4 Å². The lowest BCUT2D eigenvalue weighted by Crippen LogP contribution is -2.32. The Labute approximate surface area is 223 Å². The maximum Gasteiger partial charge on any atom is 0.419 e. The first-order valence-corrected chi connectivity index (χ1v) is 12.3. The summed E-state index contributed by atoms with van der Waals surface area (Å²) in [7, 11) is 3.95. The molecule has 0 spiro atoms. The van der Waals surface area contributed by atoms with Gasteiger partial charge in [-0.05, 0) is 57.4 Å². The number of amides is 1. The number of nitrogens with zero attached hydrogens (tertiary/aromatic N) is 4. The number of carbonyl (C=O) groups excluding carboxylic acids is 1. The minimum atomic E-state index is -4.71. The molecule has 0 atom stereocenters. The highest BCUT2D eigenvalue weighted by molar-refractivity contribution is 5.96. The summed E-state index contributed by atoms with van der Waals surface area (Å²) in [5.41, 5.74) is 0.953. The monoisotopic (exact) mass is 543 g/mol. The first-order valence-electron chi connectivity index (χ1n) is 12.3. The molecule has 0 fully saturated rings. The van der Waals surface area contributed by atoms with E-state index in [-0.39, 0.29) is 23.1 Å². The molecule has 206 valence electrons. The Morgan fingerprint density at radius 2 is 1.87 bits per heavy atom. The van der Waals surface area contributed by atoms with Crippen LogP contribution in [0.5, 0.6) is 0 Å². The summed E-state index contributed by atoms with van der Waals surface area (Å²) in [5.74, 6) is -0.851. The number of alkyl halides is 3. The van der Waals surface area contributed by atoms with E-state index in [1.54, 1.807) is 12.1 Å². The van der Waals surface area contributed by atoms with Gasteiger partial charge in [-0.2, -0.15) is 13.2 Å². The molecular formula is C27H29F4N7O. The number of carbonyl (C=O) groups is 1. The van der Waals surface area contributed by atoms with Crippen molar-refractivity contribution < 1.29 is 22.4 Å². The quantitative estimate of drug-likeness (QED) is 0.229. The molecule has 1 amide bonds. The van der Waals surface area contributed by atoms with Crippen molar-refractivity contribution in [2.24, 2.45) is 0 Å². The topological polar surface area (TPSA) is 89.2 Å². The molecule has 4 aromatic rings. The minimum absolute atomic E-state index is 0.0732. The predicted molar refractivity (Wildman–Crippen MR) is 145 cm³/mol. The highest BCUT2D eigenvalue weighted by Gasteiger charge is 2.36. The maximum absolute atomic E-state index is 13.9. The zero-order valence-corrected chi connectivity index (χ0v) is 21.9. The van der Waals surface area contributed by atoms with Crippen LogP contribution in [-0.4, -0.2) is 59.5 Å². The van der Waals surface area contributed by atoms with Gasteiger partial charge in [0, 0.05) is 61.1 Å². The summed E-state index contributed by atoms with van der Waals surface area (Å²) in [4.78, 5) is 27.0. The smallest absolute Gasteiger partial charge is 0.369 e. The molecule has 2 aromatic heterocycles. The molecule has 12 heteroatoms. The lowest BCUT2D eigenvalue weighted by Gasteiger charge is -2.27. The van der Waals surface area contributed by atoms with Crippen LogP contribution in [0.3, 0.4) is 0 Å². The summed E-state index contributed by atoms with van der Waals surface area (Å²) in [5, 5.41) is 6.17. The first-order chi connectivity index (χ1) is 18.5. The van der Waals surface area contributed by atoms with Crippen molar-refractivity contribution in [2.75, 3.05) is 49.3 Å². The zero-order valence-electron chi connectivity index (χ0n) is 21.9. The second-order valence-corrected chi connectivity index (χ2v) is 9.27. The van der Waals surface area contributed by atoms with E-state index in [4.69, 9.17) is 0 Å². The number of anilines is 4. The molecule has 0 radical (unpaired) electrons. The Morgan fingerprint density at radius 1 is 1.10 bits per heavy atom. The normalized spacial score (nSPS) is 11.7. The molecule has 0 aliphatic rings. The number of hydrogen-bond donors (Lipinski definition) is 3. The Kier molecular flexibility index (Phi) is 8.05. The number of hydrogen-bond acceptors (Lipinski definition) is 6. The van der Waals surface area contributed by atoms with Gasteiger partial charge in [0.05, 0.1) is 17.1 Å². The van der Waals surface area contributed by atoms with E-state index < -0.39 is 17.6 Å². The Hall–Kier alpha value is -4.19. The second-order valence-electron chi connectivity index (χ2n) is 9.27. The zero-order chi connectivity index (χ0) is 28.3. The summed E-state index contributed by atoms with van der Waals surface area (Å²) in [6.45, 7) is 5.64. The van der Waals surface area contributed by atoms with E-state index in [1.165, 1.54) is 31.3 Å². The van der Waals surface area contributed by atoms with E-state index >= 15 is 0 Å². The van der Waals surface area contributed by atoms with Gasteiger partial charge in [-0.25, -0.2) is 14.4 Å². The number of H-pyrrole nitrogens is 1. The number of rotatable bonds is 9. The van der Waals surface area contributed by atoms with E-state index in [2.05, 4.69) is 35.4 Å². The fourth-order valence-electron chi connectivity index (χ4n) is 4.23. The molecule has 0 bridgehead atoms. The van der Waals surface area contributed by atoms with Crippen LogP contribution in [0.2, 0.25) is 0 Å². The van der Waals surface area contributed by atoms with Crippen molar-refractivity contribution >= 4 is 39.8 Å². The Bertz CT molecular complexity index is 1480. The van der Waals surface area contributed by atoms with Crippen molar-refractivity contribution in [3.05, 3.63) is 60.2 Å². The highest BCUT2D eigenvalue weighted by Crippen LogP contribution is 2.39. The Balaban J connectivity index is 1.73. The molecule has 0 aliphatic carbocycles.